The lowest BCUT2D eigenvalue weighted by molar-refractivity contribution is -0.196. The van der Waals surface area contributed by atoms with Gasteiger partial charge in [0.05, 0.1) is 0 Å². The Bertz CT molecular complexity index is 623. The predicted molar refractivity (Wildman–Crippen MR) is 68.5 cm³/mol. The van der Waals surface area contributed by atoms with Crippen molar-refractivity contribution in [3.63, 3.8) is 0 Å². The Morgan fingerprint density at radius 2 is 1.86 bits per heavy atom. The number of nitrogens with one attached hydrogen (secondary N) is 2. The van der Waals surface area contributed by atoms with Gasteiger partial charge in [-0.25, -0.2) is 4.99 Å². The smallest absolute Gasteiger partial charge is 0.317 e. The van der Waals surface area contributed by atoms with Crippen LogP contribution in [0.1, 0.15) is 18.1 Å². The second-order valence-corrected chi connectivity index (χ2v) is 4.67. The van der Waals surface area contributed by atoms with Crippen LogP contribution >= 0.6 is 0 Å². The van der Waals surface area contributed by atoms with Crippen LogP contribution in [-0.2, 0) is 9.59 Å². The van der Waals surface area contributed by atoms with Gasteiger partial charge < -0.3 is 10.6 Å². The summed E-state index contributed by atoms with van der Waals surface area (Å²) in [7, 11) is 0. The molecule has 5 nitrogen and oxygen atoms in total. The van der Waals surface area contributed by atoms with E-state index in [1.807, 2.05) is 6.92 Å². The van der Waals surface area contributed by atoms with Crippen molar-refractivity contribution in [1.82, 2.24) is 10.6 Å². The highest BCUT2D eigenvalue weighted by Gasteiger charge is 2.64. The molecule has 1 aliphatic heterocycles. The number of alkyl halides is 3. The average molecular weight is 299 g/mol. The van der Waals surface area contributed by atoms with Gasteiger partial charge >= 0.3 is 11.8 Å². The summed E-state index contributed by atoms with van der Waals surface area (Å²) in [5.74, 6) is -2.66. The first-order valence-corrected chi connectivity index (χ1v) is 5.99. The number of amides is 2. The van der Waals surface area contributed by atoms with Crippen LogP contribution in [0.2, 0.25) is 0 Å². The Morgan fingerprint density at radius 3 is 2.33 bits per heavy atom. The summed E-state index contributed by atoms with van der Waals surface area (Å²) in [5.41, 5.74) is -2.04. The molecule has 0 fully saturated rings. The number of rotatable bonds is 2. The lowest BCUT2D eigenvalue weighted by Gasteiger charge is -2.26. The molecule has 1 heterocycles. The minimum absolute atomic E-state index is 0.230. The van der Waals surface area contributed by atoms with Crippen LogP contribution in [0, 0.1) is 6.92 Å². The third kappa shape index (κ3) is 2.61. The number of benzene rings is 1. The number of amidine groups is 1. The molecular formula is C13H12F3N3O2. The van der Waals surface area contributed by atoms with Gasteiger partial charge in [-0.3, -0.25) is 9.59 Å². The molecule has 1 aromatic rings. The molecule has 0 spiro atoms. The molecule has 0 unspecified atom stereocenters. The van der Waals surface area contributed by atoms with Gasteiger partial charge in [0.25, 0.3) is 5.91 Å². The fourth-order valence-corrected chi connectivity index (χ4v) is 1.90. The molecule has 0 saturated carbocycles. The van der Waals surface area contributed by atoms with Crippen molar-refractivity contribution in [3.8, 4) is 0 Å². The van der Waals surface area contributed by atoms with Gasteiger partial charge in [-0.15, -0.1) is 0 Å². The fourth-order valence-electron chi connectivity index (χ4n) is 1.90. The summed E-state index contributed by atoms with van der Waals surface area (Å²) in [6, 6.07) is 6.43. The van der Waals surface area contributed by atoms with Crippen molar-refractivity contribution in [1.29, 1.82) is 0 Å². The number of aliphatic imine (C=N–C) groups is 1. The van der Waals surface area contributed by atoms with Crippen molar-refractivity contribution in [2.45, 2.75) is 25.7 Å². The molecule has 2 N–H and O–H groups in total. The number of nitrogens with zero attached hydrogens (tertiary/aromatic N) is 1. The van der Waals surface area contributed by atoms with E-state index in [0.29, 0.717) is 5.56 Å². The molecule has 8 heteroatoms. The first-order valence-electron chi connectivity index (χ1n) is 5.99. The molecule has 2 amide bonds. The van der Waals surface area contributed by atoms with E-state index in [4.69, 9.17) is 0 Å². The number of hydrogen-bond donors (Lipinski definition) is 2. The Balaban J connectivity index is 2.49. The average Bonchev–Trinajstić information content (AvgIpc) is 2.67. The topological polar surface area (TPSA) is 70.6 Å². The van der Waals surface area contributed by atoms with E-state index in [1.54, 1.807) is 17.4 Å². The predicted octanol–water partition coefficient (Wildman–Crippen LogP) is 1.27. The monoisotopic (exact) mass is 299 g/mol. The van der Waals surface area contributed by atoms with Crippen molar-refractivity contribution in [3.05, 3.63) is 35.4 Å². The van der Waals surface area contributed by atoms with Gasteiger partial charge in [0, 0.05) is 12.5 Å². The summed E-state index contributed by atoms with van der Waals surface area (Å²) in [4.78, 5) is 26.2. The standard InChI is InChI=1S/C13H12F3N3O2/c1-7-3-5-9(6-4-7)10-17-11(21)12(19-10,13(14,15)16)18-8(2)20/h3-6H,1-2H3,(H,18,20)(H,17,19,21)/t12-/m1/s1. The normalized spacial score (nSPS) is 21.8. The molecule has 1 aliphatic rings. The van der Waals surface area contributed by atoms with E-state index in [1.165, 1.54) is 12.1 Å². The third-order valence-corrected chi connectivity index (χ3v) is 2.93. The van der Waals surface area contributed by atoms with Crippen molar-refractivity contribution >= 4 is 17.6 Å². The van der Waals surface area contributed by atoms with Crippen molar-refractivity contribution in [2.75, 3.05) is 0 Å². The van der Waals surface area contributed by atoms with Crippen molar-refractivity contribution in [2.24, 2.45) is 4.99 Å². The van der Waals surface area contributed by atoms with Crippen LogP contribution in [0.25, 0.3) is 0 Å². The minimum Gasteiger partial charge on any atom is -0.317 e. The first-order chi connectivity index (χ1) is 9.65. The Labute approximate surface area is 118 Å². The van der Waals surface area contributed by atoms with Crippen molar-refractivity contribution < 1.29 is 22.8 Å². The largest absolute Gasteiger partial charge is 0.442 e. The van der Waals surface area contributed by atoms with Crippen LogP contribution in [0.3, 0.4) is 0 Å². The maximum atomic E-state index is 13.2. The van der Waals surface area contributed by atoms with Gasteiger partial charge in [0.1, 0.15) is 5.84 Å². The summed E-state index contributed by atoms with van der Waals surface area (Å²) < 4.78 is 39.6. The molecule has 21 heavy (non-hydrogen) atoms. The Morgan fingerprint density at radius 1 is 1.29 bits per heavy atom. The highest BCUT2D eigenvalue weighted by Crippen LogP contribution is 2.35. The van der Waals surface area contributed by atoms with E-state index in [2.05, 4.69) is 10.3 Å². The zero-order valence-electron chi connectivity index (χ0n) is 11.2. The summed E-state index contributed by atoms with van der Waals surface area (Å²) in [5, 5.41) is 3.66. The lowest BCUT2D eigenvalue weighted by Crippen LogP contribution is -2.62. The number of halogens is 3. The molecular weight excluding hydrogens is 287 g/mol. The van der Waals surface area contributed by atoms with Crippen LogP contribution in [0.5, 0.6) is 0 Å². The number of carbonyl (C=O) groups excluding carboxylic acids is 2. The second kappa shape index (κ2) is 4.87. The molecule has 0 saturated heterocycles. The van der Waals surface area contributed by atoms with Crippen LogP contribution in [-0.4, -0.2) is 29.5 Å². The third-order valence-electron chi connectivity index (χ3n) is 2.93. The number of aryl methyl sites for hydroxylation is 1. The summed E-state index contributed by atoms with van der Waals surface area (Å²) in [6.45, 7) is 2.70. The fraction of sp³-hybridized carbons (Fsp3) is 0.308. The lowest BCUT2D eigenvalue weighted by atomic mass is 10.1. The Kier molecular flexibility index (Phi) is 3.48. The van der Waals surface area contributed by atoms with E-state index >= 15 is 0 Å². The van der Waals surface area contributed by atoms with E-state index in [9.17, 15) is 22.8 Å². The minimum atomic E-state index is -5.05. The first kappa shape index (κ1) is 15.0. The zero-order valence-corrected chi connectivity index (χ0v) is 11.2. The van der Waals surface area contributed by atoms with Crippen LogP contribution in [0.4, 0.5) is 13.2 Å². The van der Waals surface area contributed by atoms with E-state index in [0.717, 1.165) is 12.5 Å². The number of hydrogen-bond acceptors (Lipinski definition) is 3. The van der Waals surface area contributed by atoms with Gasteiger partial charge in [-0.1, -0.05) is 29.8 Å². The van der Waals surface area contributed by atoms with Crippen LogP contribution < -0.4 is 10.6 Å². The zero-order chi connectivity index (χ0) is 15.8. The molecule has 0 bridgehead atoms. The molecule has 0 aliphatic carbocycles. The SMILES string of the molecule is CC(=O)N[C@@]1(C(F)(F)F)N=C(c2ccc(C)cc2)NC1=O. The van der Waals surface area contributed by atoms with Gasteiger partial charge in [-0.05, 0) is 6.92 Å². The molecule has 112 valence electrons. The molecule has 1 aromatic carbocycles. The highest BCUT2D eigenvalue weighted by molar-refractivity contribution is 6.16. The molecule has 0 radical (unpaired) electrons. The van der Waals surface area contributed by atoms with Crippen LogP contribution in [0.15, 0.2) is 29.3 Å². The number of carbonyl (C=O) groups is 2. The second-order valence-electron chi connectivity index (χ2n) is 4.67. The molecule has 0 aromatic heterocycles. The summed E-state index contributed by atoms with van der Waals surface area (Å²) >= 11 is 0. The summed E-state index contributed by atoms with van der Waals surface area (Å²) in [6.07, 6.45) is -5.05. The Hall–Kier alpha value is -2.38. The van der Waals surface area contributed by atoms with Gasteiger partial charge in [0.2, 0.25) is 5.91 Å². The van der Waals surface area contributed by atoms with Gasteiger partial charge in [-0.2, -0.15) is 13.2 Å². The highest BCUT2D eigenvalue weighted by atomic mass is 19.4. The maximum Gasteiger partial charge on any atom is 0.442 e. The van der Waals surface area contributed by atoms with E-state index in [-0.39, 0.29) is 5.84 Å². The maximum absolute atomic E-state index is 13.2. The quantitative estimate of drug-likeness (QED) is 0.863. The molecule has 2 rings (SSSR count). The van der Waals surface area contributed by atoms with Gasteiger partial charge in [0.15, 0.2) is 0 Å². The molecule has 1 atom stereocenters. The van der Waals surface area contributed by atoms with E-state index < -0.39 is 23.7 Å².